The van der Waals surface area contributed by atoms with E-state index in [1.165, 1.54) is 12.1 Å². The van der Waals surface area contributed by atoms with E-state index in [9.17, 15) is 14.0 Å². The minimum Gasteiger partial charge on any atom is -0.438 e. The van der Waals surface area contributed by atoms with Crippen LogP contribution in [0.4, 0.5) is 9.18 Å². The van der Waals surface area contributed by atoms with Gasteiger partial charge in [0.1, 0.15) is 17.7 Å². The van der Waals surface area contributed by atoms with E-state index in [0.29, 0.717) is 19.4 Å². The number of benzene rings is 2. The number of nitrogens with zero attached hydrogens (tertiary/aromatic N) is 1. The molecule has 0 bridgehead atoms. The molecule has 0 N–H and O–H groups in total. The van der Waals surface area contributed by atoms with Crippen molar-refractivity contribution >= 4 is 28.3 Å². The maximum absolute atomic E-state index is 13.3. The van der Waals surface area contributed by atoms with Crippen molar-refractivity contribution in [2.75, 3.05) is 6.54 Å². The van der Waals surface area contributed by atoms with E-state index in [4.69, 9.17) is 4.74 Å². The molecule has 0 aliphatic carbocycles. The van der Waals surface area contributed by atoms with Gasteiger partial charge in [-0.25, -0.2) is 9.18 Å². The van der Waals surface area contributed by atoms with E-state index in [1.807, 2.05) is 31.2 Å². The summed E-state index contributed by atoms with van der Waals surface area (Å²) in [5, 5.41) is 0. The van der Waals surface area contributed by atoms with Crippen LogP contribution in [0, 0.1) is 5.82 Å². The molecule has 0 spiro atoms. The third-order valence-electron chi connectivity index (χ3n) is 5.13. The van der Waals surface area contributed by atoms with Crippen molar-refractivity contribution in [2.24, 2.45) is 0 Å². The molecule has 4 nitrogen and oxygen atoms in total. The Hall–Kier alpha value is -2.21. The zero-order valence-electron chi connectivity index (χ0n) is 15.0. The number of ether oxygens (including phenoxy) is 1. The normalized spacial score (nSPS) is 20.9. The highest BCUT2D eigenvalue weighted by Gasteiger charge is 2.43. The highest BCUT2D eigenvalue weighted by molar-refractivity contribution is 9.10. The maximum Gasteiger partial charge on any atom is 0.411 e. The summed E-state index contributed by atoms with van der Waals surface area (Å²) in [5.74, 6) is -0.350. The van der Waals surface area contributed by atoms with Gasteiger partial charge < -0.3 is 14.4 Å². The molecule has 1 aliphatic heterocycles. The van der Waals surface area contributed by atoms with E-state index in [0.717, 1.165) is 21.9 Å². The Kier molecular flexibility index (Phi) is 5.95. The smallest absolute Gasteiger partial charge is 0.411 e. The van der Waals surface area contributed by atoms with E-state index in [-0.39, 0.29) is 18.3 Å². The largest absolute Gasteiger partial charge is 0.438 e. The van der Waals surface area contributed by atoms with Crippen molar-refractivity contribution in [2.45, 2.75) is 37.8 Å². The number of rotatable bonds is 6. The first-order valence-corrected chi connectivity index (χ1v) is 9.69. The van der Waals surface area contributed by atoms with E-state index >= 15 is 0 Å². The summed E-state index contributed by atoms with van der Waals surface area (Å²) >= 11 is 3.41. The second-order valence-corrected chi connectivity index (χ2v) is 7.66. The van der Waals surface area contributed by atoms with Crippen molar-refractivity contribution in [3.05, 3.63) is 69.9 Å². The molecular weight excluding hydrogens is 413 g/mol. The van der Waals surface area contributed by atoms with Gasteiger partial charge in [0.15, 0.2) is 0 Å². The second-order valence-electron chi connectivity index (χ2n) is 6.75. The molecule has 27 heavy (non-hydrogen) atoms. The molecule has 1 amide bonds. The first-order chi connectivity index (χ1) is 12.9. The van der Waals surface area contributed by atoms with Gasteiger partial charge in [-0.15, -0.1) is 0 Å². The highest BCUT2D eigenvalue weighted by atomic mass is 79.9. The predicted molar refractivity (Wildman–Crippen MR) is 104 cm³/mol. The topological polar surface area (TPSA) is 46.6 Å². The zero-order valence-corrected chi connectivity index (χ0v) is 16.6. The first-order valence-electron chi connectivity index (χ1n) is 8.90. The molecule has 1 fully saturated rings. The molecule has 2 aromatic carbocycles. The van der Waals surface area contributed by atoms with Gasteiger partial charge in [-0.1, -0.05) is 40.2 Å². The molecule has 142 valence electrons. The minimum atomic E-state index is -0.901. The lowest BCUT2D eigenvalue weighted by atomic mass is 9.84. The second kappa shape index (κ2) is 8.21. The molecule has 2 atom stereocenters. The number of carbonyl (C=O) groups excluding carboxylic acids is 2. The van der Waals surface area contributed by atoms with Crippen LogP contribution >= 0.6 is 15.9 Å². The van der Waals surface area contributed by atoms with Crippen LogP contribution in [-0.4, -0.2) is 23.8 Å². The van der Waals surface area contributed by atoms with Crippen molar-refractivity contribution in [1.82, 2.24) is 4.90 Å². The van der Waals surface area contributed by atoms with Gasteiger partial charge in [-0.3, -0.25) is 0 Å². The average Bonchev–Trinajstić information content (AvgIpc) is 2.67. The van der Waals surface area contributed by atoms with E-state index < -0.39 is 11.7 Å². The molecule has 0 saturated carbocycles. The standard InChI is InChI=1S/C21H21BrFNO3/c1-15(16-3-7-18(22)8-4-16)24-13-12-21(11-2-14-25,27-20(24)26)17-5-9-19(23)10-6-17/h3-10,14-15H,2,11-13H2,1H3/t15-,21-/m0/s1. The number of hydrogen-bond acceptors (Lipinski definition) is 3. The number of carbonyl (C=O) groups is 2. The van der Waals surface area contributed by atoms with E-state index in [2.05, 4.69) is 15.9 Å². The molecule has 0 aromatic heterocycles. The van der Waals surface area contributed by atoms with Crippen LogP contribution in [0.2, 0.25) is 0 Å². The highest BCUT2D eigenvalue weighted by Crippen LogP contribution is 2.40. The number of halogens is 2. The third-order valence-corrected chi connectivity index (χ3v) is 5.66. The van der Waals surface area contributed by atoms with Gasteiger partial charge in [0.2, 0.25) is 0 Å². The molecule has 1 heterocycles. The number of cyclic esters (lactones) is 1. The molecular formula is C21H21BrFNO3. The van der Waals surface area contributed by atoms with Gasteiger partial charge in [-0.2, -0.15) is 0 Å². The van der Waals surface area contributed by atoms with Gasteiger partial charge in [0, 0.05) is 23.9 Å². The number of hydrogen-bond donors (Lipinski definition) is 0. The van der Waals surface area contributed by atoms with Crippen LogP contribution in [0.1, 0.15) is 43.4 Å². The Labute approximate surface area is 166 Å². The Morgan fingerprint density at radius 2 is 1.89 bits per heavy atom. The van der Waals surface area contributed by atoms with Gasteiger partial charge in [0.25, 0.3) is 0 Å². The molecule has 1 saturated heterocycles. The van der Waals surface area contributed by atoms with Crippen LogP contribution in [0.15, 0.2) is 53.0 Å². The lowest BCUT2D eigenvalue weighted by Gasteiger charge is -2.43. The summed E-state index contributed by atoms with van der Waals surface area (Å²) < 4.78 is 20.2. The number of aldehydes is 1. The minimum absolute atomic E-state index is 0.136. The van der Waals surface area contributed by atoms with Crippen molar-refractivity contribution in [3.8, 4) is 0 Å². The van der Waals surface area contributed by atoms with Crippen LogP contribution < -0.4 is 0 Å². The molecule has 0 unspecified atom stereocenters. The average molecular weight is 434 g/mol. The molecule has 6 heteroatoms. The summed E-state index contributed by atoms with van der Waals surface area (Å²) in [5.41, 5.74) is 0.828. The Morgan fingerprint density at radius 3 is 2.48 bits per heavy atom. The molecule has 0 radical (unpaired) electrons. The fourth-order valence-corrected chi connectivity index (χ4v) is 3.78. The van der Waals surface area contributed by atoms with Crippen LogP contribution in [0.25, 0.3) is 0 Å². The van der Waals surface area contributed by atoms with Crippen molar-refractivity contribution < 1.29 is 18.7 Å². The summed E-state index contributed by atoms with van der Waals surface area (Å²) in [6.07, 6.45) is 1.59. The summed E-state index contributed by atoms with van der Waals surface area (Å²) in [6.45, 7) is 2.45. The van der Waals surface area contributed by atoms with Gasteiger partial charge >= 0.3 is 6.09 Å². The zero-order chi connectivity index (χ0) is 19.4. The Morgan fingerprint density at radius 1 is 1.22 bits per heavy atom. The lowest BCUT2D eigenvalue weighted by molar-refractivity contribution is -0.111. The Bertz CT molecular complexity index is 809. The molecule has 2 aromatic rings. The lowest BCUT2D eigenvalue weighted by Crippen LogP contribution is -2.48. The summed E-state index contributed by atoms with van der Waals surface area (Å²) in [6, 6.07) is 13.6. The summed E-state index contributed by atoms with van der Waals surface area (Å²) in [4.78, 5) is 25.4. The van der Waals surface area contributed by atoms with Gasteiger partial charge in [-0.05, 0) is 48.7 Å². The fourth-order valence-electron chi connectivity index (χ4n) is 3.51. The fraction of sp³-hybridized carbons (Fsp3) is 0.333. The van der Waals surface area contributed by atoms with Crippen LogP contribution in [0.3, 0.4) is 0 Å². The SMILES string of the molecule is C[C@@H](c1ccc(Br)cc1)N1CC[C@@](CCC=O)(c2ccc(F)cc2)OC1=O. The Balaban J connectivity index is 1.82. The van der Waals surface area contributed by atoms with Crippen LogP contribution in [-0.2, 0) is 15.1 Å². The third kappa shape index (κ3) is 4.21. The first kappa shape index (κ1) is 19.5. The van der Waals surface area contributed by atoms with Crippen molar-refractivity contribution in [1.29, 1.82) is 0 Å². The molecule has 3 rings (SSSR count). The molecule has 1 aliphatic rings. The summed E-state index contributed by atoms with van der Waals surface area (Å²) in [7, 11) is 0. The van der Waals surface area contributed by atoms with E-state index in [1.54, 1.807) is 17.0 Å². The van der Waals surface area contributed by atoms with Crippen LogP contribution in [0.5, 0.6) is 0 Å². The number of amides is 1. The maximum atomic E-state index is 13.3. The monoisotopic (exact) mass is 433 g/mol. The van der Waals surface area contributed by atoms with Gasteiger partial charge in [0.05, 0.1) is 6.04 Å². The predicted octanol–water partition coefficient (Wildman–Crippen LogP) is 5.37. The van der Waals surface area contributed by atoms with Crippen molar-refractivity contribution in [3.63, 3.8) is 0 Å². The quantitative estimate of drug-likeness (QED) is 0.575.